The van der Waals surface area contributed by atoms with Crippen molar-refractivity contribution >= 4 is 5.65 Å². The molecule has 4 heteroatoms. The number of nitriles is 1. The Morgan fingerprint density at radius 3 is 2.78 bits per heavy atom. The van der Waals surface area contributed by atoms with Gasteiger partial charge in [0.2, 0.25) is 0 Å². The van der Waals surface area contributed by atoms with Gasteiger partial charge in [0.25, 0.3) is 0 Å². The highest BCUT2D eigenvalue weighted by atomic mass is 15.2. The van der Waals surface area contributed by atoms with Gasteiger partial charge >= 0.3 is 0 Å². The molecule has 0 radical (unpaired) electrons. The second-order valence-corrected chi connectivity index (χ2v) is 3.95. The Morgan fingerprint density at radius 1 is 1.17 bits per heavy atom. The van der Waals surface area contributed by atoms with E-state index >= 15 is 0 Å². The van der Waals surface area contributed by atoms with Crippen molar-refractivity contribution in [1.82, 2.24) is 14.6 Å². The molecule has 0 unspecified atom stereocenters. The molecule has 0 spiro atoms. The van der Waals surface area contributed by atoms with E-state index < -0.39 is 0 Å². The van der Waals surface area contributed by atoms with E-state index in [1.54, 1.807) is 10.7 Å². The number of aromatic nitrogens is 3. The summed E-state index contributed by atoms with van der Waals surface area (Å²) in [6, 6.07) is 14.0. The van der Waals surface area contributed by atoms with Crippen molar-refractivity contribution in [2.75, 3.05) is 0 Å². The fraction of sp³-hybridized carbons (Fsp3) is 0.0714. The standard InChI is InChI=1S/C14H10N4/c15-8-6-12-10-16-18-9-7-13(17-14(12)18)11-4-2-1-3-5-11/h1-5,7,9-10H,6H2. The zero-order chi connectivity index (χ0) is 12.4. The molecule has 0 saturated heterocycles. The quantitative estimate of drug-likeness (QED) is 0.684. The van der Waals surface area contributed by atoms with E-state index in [-0.39, 0.29) is 0 Å². The summed E-state index contributed by atoms with van der Waals surface area (Å²) in [4.78, 5) is 4.57. The van der Waals surface area contributed by atoms with Gasteiger partial charge in [-0.15, -0.1) is 0 Å². The second-order valence-electron chi connectivity index (χ2n) is 3.95. The molecule has 0 atom stereocenters. The Morgan fingerprint density at radius 2 is 2.00 bits per heavy atom. The van der Waals surface area contributed by atoms with Crippen LogP contribution in [0, 0.1) is 11.3 Å². The number of fused-ring (bicyclic) bond motifs is 1. The van der Waals surface area contributed by atoms with Gasteiger partial charge in [0, 0.05) is 17.3 Å². The predicted molar refractivity (Wildman–Crippen MR) is 67.7 cm³/mol. The highest BCUT2D eigenvalue weighted by Gasteiger charge is 2.07. The Balaban J connectivity index is 2.16. The van der Waals surface area contributed by atoms with Gasteiger partial charge in [-0.25, -0.2) is 9.50 Å². The van der Waals surface area contributed by atoms with Crippen molar-refractivity contribution in [2.24, 2.45) is 0 Å². The Labute approximate surface area is 104 Å². The number of rotatable bonds is 2. The molecular formula is C14H10N4. The van der Waals surface area contributed by atoms with Gasteiger partial charge in [-0.2, -0.15) is 10.4 Å². The lowest BCUT2D eigenvalue weighted by atomic mass is 10.1. The van der Waals surface area contributed by atoms with Crippen LogP contribution in [0.4, 0.5) is 0 Å². The highest BCUT2D eigenvalue weighted by molar-refractivity contribution is 5.62. The van der Waals surface area contributed by atoms with Gasteiger partial charge in [-0.05, 0) is 6.07 Å². The van der Waals surface area contributed by atoms with Crippen LogP contribution >= 0.6 is 0 Å². The van der Waals surface area contributed by atoms with Crippen molar-refractivity contribution in [3.63, 3.8) is 0 Å². The van der Waals surface area contributed by atoms with Crippen molar-refractivity contribution in [1.29, 1.82) is 5.26 Å². The maximum absolute atomic E-state index is 8.77. The van der Waals surface area contributed by atoms with Gasteiger partial charge < -0.3 is 0 Å². The molecule has 0 bridgehead atoms. The van der Waals surface area contributed by atoms with Crippen molar-refractivity contribution in [3.8, 4) is 17.3 Å². The van der Waals surface area contributed by atoms with Gasteiger partial charge in [0.15, 0.2) is 5.65 Å². The van der Waals surface area contributed by atoms with E-state index in [0.717, 1.165) is 22.5 Å². The number of hydrogen-bond acceptors (Lipinski definition) is 3. The molecule has 0 fully saturated rings. The number of nitrogens with zero attached hydrogens (tertiary/aromatic N) is 4. The summed E-state index contributed by atoms with van der Waals surface area (Å²) in [6.45, 7) is 0. The summed E-state index contributed by atoms with van der Waals surface area (Å²) < 4.78 is 1.69. The molecule has 4 nitrogen and oxygen atoms in total. The molecule has 0 N–H and O–H groups in total. The van der Waals surface area contributed by atoms with Gasteiger partial charge in [0.1, 0.15) is 0 Å². The predicted octanol–water partition coefficient (Wildman–Crippen LogP) is 2.46. The molecule has 0 amide bonds. The minimum absolute atomic E-state index is 0.328. The van der Waals surface area contributed by atoms with Crippen LogP contribution in [-0.2, 0) is 6.42 Å². The summed E-state index contributed by atoms with van der Waals surface area (Å²) in [6.07, 6.45) is 3.89. The number of benzene rings is 1. The minimum atomic E-state index is 0.328. The third kappa shape index (κ3) is 1.72. The van der Waals surface area contributed by atoms with E-state index in [1.807, 2.05) is 42.6 Å². The molecule has 3 rings (SSSR count). The van der Waals surface area contributed by atoms with E-state index in [1.165, 1.54) is 0 Å². The molecule has 86 valence electrons. The lowest BCUT2D eigenvalue weighted by molar-refractivity contribution is 0.941. The molecule has 2 heterocycles. The van der Waals surface area contributed by atoms with Gasteiger partial charge in [-0.3, -0.25) is 0 Å². The van der Waals surface area contributed by atoms with Crippen molar-refractivity contribution < 1.29 is 0 Å². The molecule has 0 saturated carbocycles. The smallest absolute Gasteiger partial charge is 0.159 e. The molecular weight excluding hydrogens is 224 g/mol. The Kier molecular flexibility index (Phi) is 2.50. The van der Waals surface area contributed by atoms with Crippen LogP contribution in [0.15, 0.2) is 48.8 Å². The van der Waals surface area contributed by atoms with Crippen LogP contribution in [0.5, 0.6) is 0 Å². The minimum Gasteiger partial charge on any atom is -0.228 e. The molecule has 1 aromatic carbocycles. The number of hydrogen-bond donors (Lipinski definition) is 0. The normalized spacial score (nSPS) is 10.4. The van der Waals surface area contributed by atoms with Crippen molar-refractivity contribution in [2.45, 2.75) is 6.42 Å². The van der Waals surface area contributed by atoms with E-state index in [2.05, 4.69) is 16.2 Å². The summed E-state index contributed by atoms with van der Waals surface area (Å²) in [5.41, 5.74) is 3.56. The van der Waals surface area contributed by atoms with Crippen LogP contribution in [0.2, 0.25) is 0 Å². The molecule has 0 aliphatic carbocycles. The first-order chi connectivity index (χ1) is 8.88. The molecule has 0 aliphatic heterocycles. The SMILES string of the molecule is N#CCc1cnn2ccc(-c3ccccc3)nc12. The average molecular weight is 234 g/mol. The first kappa shape index (κ1) is 10.5. The van der Waals surface area contributed by atoms with E-state index in [9.17, 15) is 0 Å². The van der Waals surface area contributed by atoms with Crippen LogP contribution in [0.25, 0.3) is 16.9 Å². The maximum Gasteiger partial charge on any atom is 0.159 e. The van der Waals surface area contributed by atoms with E-state index in [4.69, 9.17) is 5.26 Å². The topological polar surface area (TPSA) is 54.0 Å². The molecule has 0 aliphatic rings. The summed E-state index contributed by atoms with van der Waals surface area (Å²) in [5.74, 6) is 0. The largest absolute Gasteiger partial charge is 0.228 e. The monoisotopic (exact) mass is 234 g/mol. The average Bonchev–Trinajstić information content (AvgIpc) is 2.83. The van der Waals surface area contributed by atoms with E-state index in [0.29, 0.717) is 6.42 Å². The zero-order valence-electron chi connectivity index (χ0n) is 9.61. The summed E-state index contributed by atoms with van der Waals surface area (Å²) in [5, 5.41) is 12.9. The molecule has 3 aromatic rings. The lowest BCUT2D eigenvalue weighted by Gasteiger charge is -2.01. The summed E-state index contributed by atoms with van der Waals surface area (Å²) >= 11 is 0. The molecule has 2 aromatic heterocycles. The van der Waals surface area contributed by atoms with Gasteiger partial charge in [-0.1, -0.05) is 30.3 Å². The van der Waals surface area contributed by atoms with Crippen LogP contribution in [0.1, 0.15) is 5.56 Å². The third-order valence-corrected chi connectivity index (χ3v) is 2.78. The Hall–Kier alpha value is -2.67. The van der Waals surface area contributed by atoms with Crippen LogP contribution in [-0.4, -0.2) is 14.6 Å². The highest BCUT2D eigenvalue weighted by Crippen LogP contribution is 2.18. The Bertz CT molecular complexity index is 722. The van der Waals surface area contributed by atoms with Crippen molar-refractivity contribution in [3.05, 3.63) is 54.4 Å². The lowest BCUT2D eigenvalue weighted by Crippen LogP contribution is -1.93. The zero-order valence-corrected chi connectivity index (χ0v) is 9.61. The maximum atomic E-state index is 8.77. The van der Waals surface area contributed by atoms with Crippen LogP contribution < -0.4 is 0 Å². The summed E-state index contributed by atoms with van der Waals surface area (Å²) in [7, 11) is 0. The fourth-order valence-corrected chi connectivity index (χ4v) is 1.90. The first-order valence-electron chi connectivity index (χ1n) is 5.64. The van der Waals surface area contributed by atoms with Gasteiger partial charge in [0.05, 0.1) is 24.4 Å². The first-order valence-corrected chi connectivity index (χ1v) is 5.64. The van der Waals surface area contributed by atoms with Crippen LogP contribution in [0.3, 0.4) is 0 Å². The second kappa shape index (κ2) is 4.30. The fourth-order valence-electron chi connectivity index (χ4n) is 1.90. The molecule has 18 heavy (non-hydrogen) atoms. The third-order valence-electron chi connectivity index (χ3n) is 2.78.